The van der Waals surface area contributed by atoms with Gasteiger partial charge in [0, 0.05) is 19.6 Å². The van der Waals surface area contributed by atoms with Crippen molar-refractivity contribution in [1.29, 1.82) is 0 Å². The van der Waals surface area contributed by atoms with Gasteiger partial charge in [0.25, 0.3) is 0 Å². The fourth-order valence-corrected chi connectivity index (χ4v) is 2.17. The molecule has 2 nitrogen and oxygen atoms in total. The molecule has 14 heavy (non-hydrogen) atoms. The van der Waals surface area contributed by atoms with E-state index in [1.54, 1.807) is 0 Å². The van der Waals surface area contributed by atoms with E-state index in [4.69, 9.17) is 4.74 Å². The van der Waals surface area contributed by atoms with Gasteiger partial charge in [0.2, 0.25) is 0 Å². The number of epoxide rings is 1. The molecule has 0 saturated carbocycles. The zero-order valence-corrected chi connectivity index (χ0v) is 8.28. The van der Waals surface area contributed by atoms with Crippen molar-refractivity contribution in [3.63, 3.8) is 0 Å². The Morgan fingerprint density at radius 2 is 2.07 bits per heavy atom. The molecule has 3 rings (SSSR count). The maximum atomic E-state index is 5.26. The Labute approximate surface area is 84.5 Å². The number of nitrogens with zero attached hydrogens (tertiary/aromatic N) is 1. The molecule has 0 unspecified atom stereocenters. The molecule has 2 aliphatic rings. The van der Waals surface area contributed by atoms with Crippen molar-refractivity contribution in [1.82, 2.24) is 4.90 Å². The second-order valence-electron chi connectivity index (χ2n) is 4.21. The summed E-state index contributed by atoms with van der Waals surface area (Å²) in [6.45, 7) is 4.39. The SMILES string of the molecule is c1ccc2c(c1)CCN(C[C@@H]1CO1)C2. The quantitative estimate of drug-likeness (QED) is 0.654. The number of fused-ring (bicyclic) bond motifs is 1. The smallest absolute Gasteiger partial charge is 0.0936 e. The van der Waals surface area contributed by atoms with Crippen LogP contribution in [0.2, 0.25) is 0 Å². The van der Waals surface area contributed by atoms with Crippen LogP contribution in [-0.4, -0.2) is 30.7 Å². The summed E-state index contributed by atoms with van der Waals surface area (Å²) in [5, 5.41) is 0. The lowest BCUT2D eigenvalue weighted by molar-refractivity contribution is 0.226. The lowest BCUT2D eigenvalue weighted by atomic mass is 10.00. The largest absolute Gasteiger partial charge is 0.372 e. The van der Waals surface area contributed by atoms with Crippen molar-refractivity contribution in [2.24, 2.45) is 0 Å². The lowest BCUT2D eigenvalue weighted by Gasteiger charge is -2.27. The molecule has 2 heterocycles. The summed E-state index contributed by atoms with van der Waals surface area (Å²) in [7, 11) is 0. The Morgan fingerprint density at radius 1 is 1.29 bits per heavy atom. The predicted octanol–water partition coefficient (Wildman–Crippen LogP) is 1.44. The van der Waals surface area contributed by atoms with E-state index >= 15 is 0 Å². The van der Waals surface area contributed by atoms with E-state index < -0.39 is 0 Å². The summed E-state index contributed by atoms with van der Waals surface area (Å²) < 4.78 is 5.26. The third-order valence-electron chi connectivity index (χ3n) is 3.07. The first-order valence-corrected chi connectivity index (χ1v) is 5.32. The molecule has 0 N–H and O–H groups in total. The molecule has 2 aliphatic heterocycles. The van der Waals surface area contributed by atoms with Crippen LogP contribution >= 0.6 is 0 Å². The Balaban J connectivity index is 1.72. The number of hydrogen-bond acceptors (Lipinski definition) is 2. The Kier molecular flexibility index (Phi) is 2.03. The third-order valence-corrected chi connectivity index (χ3v) is 3.07. The zero-order chi connectivity index (χ0) is 9.38. The number of hydrogen-bond donors (Lipinski definition) is 0. The molecule has 0 amide bonds. The third kappa shape index (κ3) is 1.68. The van der Waals surface area contributed by atoms with Gasteiger partial charge in [-0.2, -0.15) is 0 Å². The van der Waals surface area contributed by atoms with Crippen molar-refractivity contribution in [3.8, 4) is 0 Å². The van der Waals surface area contributed by atoms with Gasteiger partial charge in [-0.25, -0.2) is 0 Å². The maximum Gasteiger partial charge on any atom is 0.0936 e. The molecular formula is C12H15NO. The van der Waals surface area contributed by atoms with Crippen LogP contribution in [0.1, 0.15) is 11.1 Å². The van der Waals surface area contributed by atoms with Gasteiger partial charge in [0.05, 0.1) is 12.7 Å². The topological polar surface area (TPSA) is 15.8 Å². The zero-order valence-electron chi connectivity index (χ0n) is 8.28. The number of ether oxygens (including phenoxy) is 1. The highest BCUT2D eigenvalue weighted by Gasteiger charge is 2.26. The molecule has 0 radical (unpaired) electrons. The van der Waals surface area contributed by atoms with E-state index in [9.17, 15) is 0 Å². The van der Waals surface area contributed by atoms with Crippen LogP contribution in [0.5, 0.6) is 0 Å². The van der Waals surface area contributed by atoms with Gasteiger partial charge in [-0.3, -0.25) is 4.90 Å². The fourth-order valence-electron chi connectivity index (χ4n) is 2.17. The van der Waals surface area contributed by atoms with Crippen LogP contribution in [-0.2, 0) is 17.7 Å². The van der Waals surface area contributed by atoms with E-state index in [1.165, 1.54) is 24.1 Å². The molecule has 1 fully saturated rings. The van der Waals surface area contributed by atoms with E-state index in [-0.39, 0.29) is 0 Å². The van der Waals surface area contributed by atoms with Crippen molar-refractivity contribution < 1.29 is 4.74 Å². The van der Waals surface area contributed by atoms with Gasteiger partial charge in [-0.15, -0.1) is 0 Å². The molecule has 1 saturated heterocycles. The second kappa shape index (κ2) is 3.37. The van der Waals surface area contributed by atoms with Crippen molar-refractivity contribution >= 4 is 0 Å². The molecular weight excluding hydrogens is 174 g/mol. The first-order valence-electron chi connectivity index (χ1n) is 5.32. The maximum absolute atomic E-state index is 5.26. The average molecular weight is 189 g/mol. The minimum atomic E-state index is 0.528. The van der Waals surface area contributed by atoms with E-state index in [1.807, 2.05) is 0 Å². The van der Waals surface area contributed by atoms with Crippen molar-refractivity contribution in [2.45, 2.75) is 19.1 Å². The fraction of sp³-hybridized carbons (Fsp3) is 0.500. The molecule has 0 bridgehead atoms. The van der Waals surface area contributed by atoms with Crippen LogP contribution < -0.4 is 0 Å². The van der Waals surface area contributed by atoms with Crippen molar-refractivity contribution in [3.05, 3.63) is 35.4 Å². The van der Waals surface area contributed by atoms with E-state index in [2.05, 4.69) is 29.2 Å². The van der Waals surface area contributed by atoms with Gasteiger partial charge in [-0.1, -0.05) is 24.3 Å². The van der Waals surface area contributed by atoms with Crippen LogP contribution in [0.3, 0.4) is 0 Å². The second-order valence-corrected chi connectivity index (χ2v) is 4.21. The van der Waals surface area contributed by atoms with Crippen molar-refractivity contribution in [2.75, 3.05) is 19.7 Å². The van der Waals surface area contributed by atoms with Gasteiger partial charge in [0.15, 0.2) is 0 Å². The van der Waals surface area contributed by atoms with Crippen LogP contribution in [0.25, 0.3) is 0 Å². The Bertz CT molecular complexity index is 333. The number of rotatable bonds is 2. The van der Waals surface area contributed by atoms with E-state index in [0.717, 1.165) is 19.7 Å². The van der Waals surface area contributed by atoms with Crippen LogP contribution in [0, 0.1) is 0 Å². The molecule has 0 aromatic heterocycles. The highest BCUT2D eigenvalue weighted by molar-refractivity contribution is 5.29. The molecule has 0 spiro atoms. The molecule has 2 heteroatoms. The average Bonchev–Trinajstić information content (AvgIpc) is 3.02. The summed E-state index contributed by atoms with van der Waals surface area (Å²) in [4.78, 5) is 2.50. The summed E-state index contributed by atoms with van der Waals surface area (Å²) in [6, 6.07) is 8.77. The summed E-state index contributed by atoms with van der Waals surface area (Å²) >= 11 is 0. The van der Waals surface area contributed by atoms with E-state index in [0.29, 0.717) is 6.10 Å². The monoisotopic (exact) mass is 189 g/mol. The standard InChI is InChI=1S/C12H15NO/c1-2-4-11-7-13(8-12-9-14-12)6-5-10(11)3-1/h1-4,12H,5-9H2/t12-/m1/s1. The minimum absolute atomic E-state index is 0.528. The van der Waals surface area contributed by atoms with Gasteiger partial charge < -0.3 is 4.74 Å². The minimum Gasteiger partial charge on any atom is -0.372 e. The highest BCUT2D eigenvalue weighted by Crippen LogP contribution is 2.20. The summed E-state index contributed by atoms with van der Waals surface area (Å²) in [5.41, 5.74) is 3.03. The van der Waals surface area contributed by atoms with Gasteiger partial charge in [-0.05, 0) is 17.5 Å². The number of benzene rings is 1. The first-order chi connectivity index (χ1) is 6.92. The molecule has 0 aliphatic carbocycles. The van der Waals surface area contributed by atoms with Crippen LogP contribution in [0.4, 0.5) is 0 Å². The molecule has 1 aromatic rings. The van der Waals surface area contributed by atoms with Gasteiger partial charge >= 0.3 is 0 Å². The predicted molar refractivity (Wildman–Crippen MR) is 55.2 cm³/mol. The summed E-state index contributed by atoms with van der Waals surface area (Å²) in [5.74, 6) is 0. The molecule has 1 aromatic carbocycles. The van der Waals surface area contributed by atoms with Gasteiger partial charge in [0.1, 0.15) is 0 Å². The first kappa shape index (κ1) is 8.45. The summed E-state index contributed by atoms with van der Waals surface area (Å²) in [6.07, 6.45) is 1.73. The Hall–Kier alpha value is -0.860. The lowest BCUT2D eigenvalue weighted by Crippen LogP contribution is -2.33. The van der Waals surface area contributed by atoms with Crippen LogP contribution in [0.15, 0.2) is 24.3 Å². The normalized spacial score (nSPS) is 25.9. The highest BCUT2D eigenvalue weighted by atomic mass is 16.6. The Morgan fingerprint density at radius 3 is 2.86 bits per heavy atom. The molecule has 1 atom stereocenters. The molecule has 74 valence electrons.